The lowest BCUT2D eigenvalue weighted by molar-refractivity contribution is 0.102. The molecular weight excluding hydrogens is 292 g/mol. The van der Waals surface area contributed by atoms with Crippen LogP contribution in [0.5, 0.6) is 0 Å². The van der Waals surface area contributed by atoms with Crippen molar-refractivity contribution >= 4 is 11.6 Å². The minimum Gasteiger partial charge on any atom is -0.427 e. The molecule has 2 rings (SSSR count). The maximum Gasteiger partial charge on any atom is 0.349 e. The van der Waals surface area contributed by atoms with E-state index in [1.807, 2.05) is 6.92 Å². The second-order valence-electron chi connectivity index (χ2n) is 6.20. The molecule has 2 aromatic heterocycles. The van der Waals surface area contributed by atoms with Crippen molar-refractivity contribution in [2.75, 3.05) is 5.32 Å². The molecule has 0 aliphatic rings. The van der Waals surface area contributed by atoms with Crippen molar-refractivity contribution < 1.29 is 9.21 Å². The Kier molecular flexibility index (Phi) is 5.32. The average molecular weight is 314 g/mol. The van der Waals surface area contributed by atoms with Crippen LogP contribution in [0.4, 0.5) is 5.69 Å². The smallest absolute Gasteiger partial charge is 0.349 e. The highest BCUT2D eigenvalue weighted by molar-refractivity contribution is 6.04. The normalized spacial score (nSPS) is 10.8. The number of aryl methyl sites for hydroxylation is 3. The summed E-state index contributed by atoms with van der Waals surface area (Å²) in [6.45, 7) is 7.86. The van der Waals surface area contributed by atoms with Gasteiger partial charge in [-0.25, -0.2) is 4.79 Å². The van der Waals surface area contributed by atoms with Crippen LogP contribution >= 0.6 is 0 Å². The van der Waals surface area contributed by atoms with Crippen molar-refractivity contribution in [3.8, 4) is 0 Å². The number of anilines is 1. The van der Waals surface area contributed by atoms with Crippen LogP contribution in [0, 0.1) is 19.8 Å². The van der Waals surface area contributed by atoms with Crippen molar-refractivity contribution in [3.63, 3.8) is 0 Å². The van der Waals surface area contributed by atoms with Crippen molar-refractivity contribution in [1.82, 2.24) is 4.98 Å². The fourth-order valence-corrected chi connectivity index (χ4v) is 2.32. The molecule has 1 amide bonds. The van der Waals surface area contributed by atoms with Crippen molar-refractivity contribution in [3.05, 3.63) is 57.4 Å². The highest BCUT2D eigenvalue weighted by Gasteiger charge is 2.17. The number of hydrogen-bond acceptors (Lipinski definition) is 4. The van der Waals surface area contributed by atoms with Gasteiger partial charge in [0.2, 0.25) is 0 Å². The van der Waals surface area contributed by atoms with E-state index in [-0.39, 0.29) is 5.56 Å². The first kappa shape index (κ1) is 16.9. The standard InChI is InChI=1S/C18H22N2O3/c1-11(2)5-6-15-8-13(4)16(18(22)23-15)17(21)20-14-7-12(3)9-19-10-14/h7-11H,5-6H2,1-4H3,(H,20,21). The Morgan fingerprint density at radius 1 is 1.26 bits per heavy atom. The quantitative estimate of drug-likeness (QED) is 0.917. The first-order valence-corrected chi connectivity index (χ1v) is 7.73. The number of nitrogens with zero attached hydrogens (tertiary/aromatic N) is 1. The molecule has 0 radical (unpaired) electrons. The number of carbonyl (C=O) groups is 1. The van der Waals surface area contributed by atoms with Gasteiger partial charge in [-0.1, -0.05) is 13.8 Å². The maximum absolute atomic E-state index is 12.3. The Balaban J connectivity index is 2.22. The van der Waals surface area contributed by atoms with Gasteiger partial charge in [-0.2, -0.15) is 0 Å². The predicted molar refractivity (Wildman–Crippen MR) is 89.8 cm³/mol. The molecule has 0 aromatic carbocycles. The van der Waals surface area contributed by atoms with E-state index in [1.165, 1.54) is 0 Å². The van der Waals surface area contributed by atoms with Gasteiger partial charge in [-0.15, -0.1) is 0 Å². The van der Waals surface area contributed by atoms with Crippen LogP contribution in [-0.4, -0.2) is 10.9 Å². The van der Waals surface area contributed by atoms with E-state index >= 15 is 0 Å². The van der Waals surface area contributed by atoms with E-state index in [1.54, 1.807) is 31.5 Å². The van der Waals surface area contributed by atoms with Crippen molar-refractivity contribution in [1.29, 1.82) is 0 Å². The zero-order chi connectivity index (χ0) is 17.0. The molecule has 122 valence electrons. The monoisotopic (exact) mass is 314 g/mol. The average Bonchev–Trinajstić information content (AvgIpc) is 2.44. The molecule has 23 heavy (non-hydrogen) atoms. The molecule has 0 aliphatic carbocycles. The summed E-state index contributed by atoms with van der Waals surface area (Å²) in [5.41, 5.74) is 1.55. The van der Waals surface area contributed by atoms with Crippen LogP contribution in [0.15, 0.2) is 33.7 Å². The van der Waals surface area contributed by atoms with Crippen LogP contribution in [0.2, 0.25) is 0 Å². The third-order valence-electron chi connectivity index (χ3n) is 3.53. The summed E-state index contributed by atoms with van der Waals surface area (Å²) in [7, 11) is 0. The number of amides is 1. The fraction of sp³-hybridized carbons (Fsp3) is 0.389. The number of pyridine rings is 1. The van der Waals surface area contributed by atoms with Crippen LogP contribution in [-0.2, 0) is 6.42 Å². The Hall–Kier alpha value is -2.43. The Bertz CT molecular complexity index is 763. The summed E-state index contributed by atoms with van der Waals surface area (Å²) in [5.74, 6) is 0.673. The zero-order valence-corrected chi connectivity index (χ0v) is 14.0. The first-order chi connectivity index (χ1) is 10.9. The minimum atomic E-state index is -0.595. The van der Waals surface area contributed by atoms with Gasteiger partial charge < -0.3 is 9.73 Å². The molecule has 5 nitrogen and oxygen atoms in total. The van der Waals surface area contributed by atoms with E-state index in [9.17, 15) is 9.59 Å². The number of nitrogens with one attached hydrogen (secondary N) is 1. The predicted octanol–water partition coefficient (Wildman–Crippen LogP) is 3.49. The molecule has 0 aliphatic heterocycles. The Morgan fingerprint density at radius 2 is 2.00 bits per heavy atom. The molecule has 0 fully saturated rings. The van der Waals surface area contributed by atoms with Crippen LogP contribution in [0.25, 0.3) is 0 Å². The van der Waals surface area contributed by atoms with E-state index in [4.69, 9.17) is 4.42 Å². The molecule has 1 N–H and O–H groups in total. The minimum absolute atomic E-state index is 0.0415. The molecule has 0 unspecified atom stereocenters. The molecule has 2 heterocycles. The molecular formula is C18H22N2O3. The van der Waals surface area contributed by atoms with E-state index in [2.05, 4.69) is 24.1 Å². The van der Waals surface area contributed by atoms with E-state index in [0.717, 1.165) is 12.0 Å². The van der Waals surface area contributed by atoms with E-state index < -0.39 is 11.5 Å². The third kappa shape index (κ3) is 4.52. The second-order valence-corrected chi connectivity index (χ2v) is 6.20. The van der Waals surface area contributed by atoms with E-state index in [0.29, 0.717) is 29.3 Å². The summed E-state index contributed by atoms with van der Waals surface area (Å²) in [6.07, 6.45) is 4.86. The number of carbonyl (C=O) groups excluding carboxylic acids is 1. The molecule has 5 heteroatoms. The lowest BCUT2D eigenvalue weighted by Crippen LogP contribution is -2.23. The van der Waals surface area contributed by atoms with Crippen LogP contribution in [0.3, 0.4) is 0 Å². The third-order valence-corrected chi connectivity index (χ3v) is 3.53. The van der Waals surface area contributed by atoms with Gasteiger partial charge in [0.1, 0.15) is 11.3 Å². The van der Waals surface area contributed by atoms with Crippen LogP contribution < -0.4 is 10.9 Å². The van der Waals surface area contributed by atoms with Gasteiger partial charge in [0, 0.05) is 12.6 Å². The van der Waals surface area contributed by atoms with Gasteiger partial charge in [-0.3, -0.25) is 9.78 Å². The Labute approximate surface area is 135 Å². The SMILES string of the molecule is Cc1cncc(NC(=O)c2c(C)cc(CCC(C)C)oc2=O)c1. The molecule has 0 saturated heterocycles. The van der Waals surface area contributed by atoms with Gasteiger partial charge >= 0.3 is 5.63 Å². The topological polar surface area (TPSA) is 72.2 Å². The zero-order valence-electron chi connectivity index (χ0n) is 14.0. The van der Waals surface area contributed by atoms with Crippen LogP contribution in [0.1, 0.15) is 47.5 Å². The highest BCUT2D eigenvalue weighted by atomic mass is 16.4. The second kappa shape index (κ2) is 7.22. The van der Waals surface area contributed by atoms with Gasteiger partial charge in [0.05, 0.1) is 11.9 Å². The summed E-state index contributed by atoms with van der Waals surface area (Å²) < 4.78 is 5.29. The maximum atomic E-state index is 12.3. The summed E-state index contributed by atoms with van der Waals surface area (Å²) in [6, 6.07) is 3.56. The number of aromatic nitrogens is 1. The Morgan fingerprint density at radius 3 is 2.61 bits per heavy atom. The molecule has 0 spiro atoms. The molecule has 2 aromatic rings. The molecule has 0 saturated carbocycles. The van der Waals surface area contributed by atoms with Gasteiger partial charge in [0.15, 0.2) is 0 Å². The summed E-state index contributed by atoms with van der Waals surface area (Å²) in [4.78, 5) is 28.5. The van der Waals surface area contributed by atoms with Crippen molar-refractivity contribution in [2.45, 2.75) is 40.5 Å². The highest BCUT2D eigenvalue weighted by Crippen LogP contribution is 2.14. The lowest BCUT2D eigenvalue weighted by atomic mass is 10.0. The van der Waals surface area contributed by atoms with Crippen molar-refractivity contribution in [2.24, 2.45) is 5.92 Å². The first-order valence-electron chi connectivity index (χ1n) is 7.73. The number of hydrogen-bond donors (Lipinski definition) is 1. The molecule has 0 atom stereocenters. The lowest BCUT2D eigenvalue weighted by Gasteiger charge is -2.09. The summed E-state index contributed by atoms with van der Waals surface area (Å²) >= 11 is 0. The van der Waals surface area contributed by atoms with Gasteiger partial charge in [-0.05, 0) is 49.4 Å². The summed E-state index contributed by atoms with van der Waals surface area (Å²) in [5, 5.41) is 2.69. The largest absolute Gasteiger partial charge is 0.427 e. The number of rotatable bonds is 5. The van der Waals surface area contributed by atoms with Gasteiger partial charge in [0.25, 0.3) is 5.91 Å². The fourth-order valence-electron chi connectivity index (χ4n) is 2.32. The molecule has 0 bridgehead atoms.